The molecule has 1 aromatic heterocycles. The molecule has 1 amide bonds. The SMILES string of the molecule is O=C(Nc1cc(C2CCCC2)nn1-c1ccccc1)[C@H]1CNCCO1. The summed E-state index contributed by atoms with van der Waals surface area (Å²) in [6, 6.07) is 12.0. The summed E-state index contributed by atoms with van der Waals surface area (Å²) in [5.74, 6) is 1.09. The lowest BCUT2D eigenvalue weighted by Crippen LogP contribution is -2.45. The van der Waals surface area contributed by atoms with Crippen LogP contribution in [0.3, 0.4) is 0 Å². The van der Waals surface area contributed by atoms with E-state index < -0.39 is 6.10 Å². The minimum Gasteiger partial charge on any atom is -0.366 e. The van der Waals surface area contributed by atoms with E-state index in [2.05, 4.69) is 10.6 Å². The van der Waals surface area contributed by atoms with Gasteiger partial charge in [-0.15, -0.1) is 0 Å². The lowest BCUT2D eigenvalue weighted by Gasteiger charge is -2.22. The third-order valence-electron chi connectivity index (χ3n) is 4.97. The number of aromatic nitrogens is 2. The van der Waals surface area contributed by atoms with Gasteiger partial charge in [-0.3, -0.25) is 4.79 Å². The first kappa shape index (κ1) is 16.3. The molecule has 2 aromatic rings. The molecule has 2 N–H and O–H groups in total. The maximum Gasteiger partial charge on any atom is 0.255 e. The summed E-state index contributed by atoms with van der Waals surface area (Å²) in [4.78, 5) is 12.6. The number of nitrogens with one attached hydrogen (secondary N) is 2. The van der Waals surface area contributed by atoms with Gasteiger partial charge >= 0.3 is 0 Å². The van der Waals surface area contributed by atoms with E-state index in [9.17, 15) is 4.79 Å². The minimum atomic E-state index is -0.456. The maximum atomic E-state index is 12.6. The normalized spacial score (nSPS) is 21.4. The van der Waals surface area contributed by atoms with Crippen molar-refractivity contribution in [3.05, 3.63) is 42.1 Å². The van der Waals surface area contributed by atoms with Gasteiger partial charge in [0.2, 0.25) is 0 Å². The van der Waals surface area contributed by atoms with E-state index in [0.29, 0.717) is 24.9 Å². The number of benzene rings is 1. The van der Waals surface area contributed by atoms with Gasteiger partial charge in [0.25, 0.3) is 5.91 Å². The van der Waals surface area contributed by atoms with E-state index in [1.54, 1.807) is 0 Å². The quantitative estimate of drug-likeness (QED) is 0.897. The van der Waals surface area contributed by atoms with Crippen LogP contribution in [0.1, 0.15) is 37.3 Å². The average molecular weight is 340 g/mol. The molecule has 1 saturated carbocycles. The van der Waals surface area contributed by atoms with Crippen molar-refractivity contribution in [1.29, 1.82) is 0 Å². The number of carbonyl (C=O) groups is 1. The van der Waals surface area contributed by atoms with Crippen molar-refractivity contribution in [2.75, 3.05) is 25.0 Å². The molecule has 1 aromatic carbocycles. The lowest BCUT2D eigenvalue weighted by molar-refractivity contribution is -0.128. The van der Waals surface area contributed by atoms with Crippen molar-refractivity contribution < 1.29 is 9.53 Å². The molecule has 0 unspecified atom stereocenters. The number of hydrogen-bond acceptors (Lipinski definition) is 4. The van der Waals surface area contributed by atoms with Crippen molar-refractivity contribution in [2.45, 2.75) is 37.7 Å². The highest BCUT2D eigenvalue weighted by molar-refractivity contribution is 5.94. The lowest BCUT2D eigenvalue weighted by atomic mass is 10.0. The first-order chi connectivity index (χ1) is 12.3. The van der Waals surface area contributed by atoms with E-state index in [4.69, 9.17) is 9.84 Å². The highest BCUT2D eigenvalue weighted by Gasteiger charge is 2.25. The van der Waals surface area contributed by atoms with Gasteiger partial charge in [0, 0.05) is 25.1 Å². The second-order valence-corrected chi connectivity index (χ2v) is 6.74. The van der Waals surface area contributed by atoms with E-state index in [1.807, 2.05) is 41.1 Å². The Kier molecular flexibility index (Phi) is 4.81. The number of morpholine rings is 1. The van der Waals surface area contributed by atoms with Crippen molar-refractivity contribution in [1.82, 2.24) is 15.1 Å². The molecule has 4 rings (SSSR count). The summed E-state index contributed by atoms with van der Waals surface area (Å²) in [6.07, 6.45) is 4.41. The number of anilines is 1. The Morgan fingerprint density at radius 1 is 1.24 bits per heavy atom. The smallest absolute Gasteiger partial charge is 0.255 e. The molecule has 1 aliphatic carbocycles. The second-order valence-electron chi connectivity index (χ2n) is 6.74. The number of nitrogens with zero attached hydrogens (tertiary/aromatic N) is 2. The Morgan fingerprint density at radius 2 is 2.04 bits per heavy atom. The van der Waals surface area contributed by atoms with Crippen LogP contribution in [0.15, 0.2) is 36.4 Å². The predicted molar refractivity (Wildman–Crippen MR) is 96.0 cm³/mol. The predicted octanol–water partition coefficient (Wildman–Crippen LogP) is 2.46. The first-order valence-corrected chi connectivity index (χ1v) is 9.10. The van der Waals surface area contributed by atoms with E-state index in [0.717, 1.165) is 17.9 Å². The Balaban J connectivity index is 1.61. The summed E-state index contributed by atoms with van der Waals surface area (Å²) in [5.41, 5.74) is 2.02. The average Bonchev–Trinajstić information content (AvgIpc) is 3.33. The van der Waals surface area contributed by atoms with E-state index in [1.165, 1.54) is 25.7 Å². The number of amides is 1. The highest BCUT2D eigenvalue weighted by Crippen LogP contribution is 2.35. The zero-order chi connectivity index (χ0) is 17.1. The standard InChI is InChI=1S/C19H24N4O2/c24-19(17-13-20-10-11-25-17)21-18-12-16(14-6-4-5-7-14)22-23(18)15-8-2-1-3-9-15/h1-3,8-9,12,14,17,20H,4-7,10-11,13H2,(H,21,24)/t17-/m1/s1. The van der Waals surface area contributed by atoms with Gasteiger partial charge in [0.05, 0.1) is 18.0 Å². The molecular formula is C19H24N4O2. The maximum absolute atomic E-state index is 12.6. The van der Waals surface area contributed by atoms with Gasteiger partial charge in [0.1, 0.15) is 11.9 Å². The van der Waals surface area contributed by atoms with Crippen LogP contribution in [0, 0.1) is 0 Å². The van der Waals surface area contributed by atoms with Crippen molar-refractivity contribution in [3.8, 4) is 5.69 Å². The molecule has 6 heteroatoms. The largest absolute Gasteiger partial charge is 0.366 e. The highest BCUT2D eigenvalue weighted by atomic mass is 16.5. The fourth-order valence-electron chi connectivity index (χ4n) is 3.62. The van der Waals surface area contributed by atoms with Crippen LogP contribution in [0.5, 0.6) is 0 Å². The van der Waals surface area contributed by atoms with E-state index >= 15 is 0 Å². The van der Waals surface area contributed by atoms with Crippen LogP contribution in [-0.4, -0.2) is 41.5 Å². The molecule has 2 fully saturated rings. The zero-order valence-electron chi connectivity index (χ0n) is 14.3. The van der Waals surface area contributed by atoms with Crippen LogP contribution in [0.4, 0.5) is 5.82 Å². The molecule has 0 radical (unpaired) electrons. The summed E-state index contributed by atoms with van der Waals surface area (Å²) >= 11 is 0. The van der Waals surface area contributed by atoms with Crippen LogP contribution in [-0.2, 0) is 9.53 Å². The number of hydrogen-bond donors (Lipinski definition) is 2. The van der Waals surface area contributed by atoms with Gasteiger partial charge in [-0.2, -0.15) is 5.10 Å². The van der Waals surface area contributed by atoms with Gasteiger partial charge in [0.15, 0.2) is 0 Å². The van der Waals surface area contributed by atoms with Crippen LogP contribution in [0.2, 0.25) is 0 Å². The van der Waals surface area contributed by atoms with Crippen LogP contribution >= 0.6 is 0 Å². The van der Waals surface area contributed by atoms with Crippen LogP contribution in [0.25, 0.3) is 5.69 Å². The summed E-state index contributed by atoms with van der Waals surface area (Å²) in [5, 5.41) is 11.0. The van der Waals surface area contributed by atoms with Crippen molar-refractivity contribution in [3.63, 3.8) is 0 Å². The molecule has 2 heterocycles. The Bertz CT molecular complexity index is 716. The molecule has 1 aliphatic heterocycles. The third-order valence-corrected chi connectivity index (χ3v) is 4.97. The van der Waals surface area contributed by atoms with Gasteiger partial charge in [-0.25, -0.2) is 4.68 Å². The molecule has 2 aliphatic rings. The number of para-hydroxylation sites is 1. The Morgan fingerprint density at radius 3 is 2.76 bits per heavy atom. The summed E-state index contributed by atoms with van der Waals surface area (Å²) < 4.78 is 7.40. The number of ether oxygens (including phenoxy) is 1. The molecule has 1 atom stereocenters. The molecule has 1 saturated heterocycles. The molecular weight excluding hydrogens is 316 g/mol. The van der Waals surface area contributed by atoms with Gasteiger partial charge in [-0.1, -0.05) is 31.0 Å². The fraction of sp³-hybridized carbons (Fsp3) is 0.474. The van der Waals surface area contributed by atoms with Gasteiger partial charge in [-0.05, 0) is 25.0 Å². The third kappa shape index (κ3) is 3.60. The number of rotatable bonds is 4. The summed E-state index contributed by atoms with van der Waals surface area (Å²) in [6.45, 7) is 1.89. The van der Waals surface area contributed by atoms with Crippen LogP contribution < -0.4 is 10.6 Å². The first-order valence-electron chi connectivity index (χ1n) is 9.10. The number of carbonyl (C=O) groups excluding carboxylic acids is 1. The molecule has 132 valence electrons. The minimum absolute atomic E-state index is 0.123. The molecule has 6 nitrogen and oxygen atoms in total. The summed E-state index contributed by atoms with van der Waals surface area (Å²) in [7, 11) is 0. The second kappa shape index (κ2) is 7.37. The zero-order valence-corrected chi connectivity index (χ0v) is 14.3. The Hall–Kier alpha value is -2.18. The Labute approximate surface area is 147 Å². The monoisotopic (exact) mass is 340 g/mol. The topological polar surface area (TPSA) is 68.2 Å². The molecule has 25 heavy (non-hydrogen) atoms. The molecule has 0 spiro atoms. The van der Waals surface area contributed by atoms with Crippen molar-refractivity contribution in [2.24, 2.45) is 0 Å². The van der Waals surface area contributed by atoms with E-state index in [-0.39, 0.29) is 5.91 Å². The van der Waals surface area contributed by atoms with Crippen molar-refractivity contribution >= 4 is 11.7 Å². The fourth-order valence-corrected chi connectivity index (χ4v) is 3.62. The molecule has 0 bridgehead atoms. The van der Waals surface area contributed by atoms with Gasteiger partial charge < -0.3 is 15.4 Å².